The molecule has 112 heavy (non-hydrogen) atoms. The number of hydrogen-bond donors (Lipinski definition) is 8. The van der Waals surface area contributed by atoms with Crippen molar-refractivity contribution in [2.45, 2.75) is 304 Å². The number of halogens is 3. The average Bonchev–Trinajstić information content (AvgIpc) is 1.52. The molecule has 15 atom stereocenters. The van der Waals surface area contributed by atoms with Crippen LogP contribution in [0.15, 0.2) is 54.6 Å². The van der Waals surface area contributed by atoms with Gasteiger partial charge in [0.15, 0.2) is 0 Å². The van der Waals surface area contributed by atoms with Crippen molar-refractivity contribution < 1.29 is 80.4 Å². The number of unbranched alkanes of at least 4 members (excludes halogenated alkanes) is 2. The van der Waals surface area contributed by atoms with Crippen molar-refractivity contribution in [3.05, 3.63) is 65.7 Å². The van der Waals surface area contributed by atoms with Crippen molar-refractivity contribution in [3.8, 4) is 0 Å². The molecule has 28 heteroatoms. The summed E-state index contributed by atoms with van der Waals surface area (Å²) in [5.41, 5.74) is 6.38. The molecule has 0 radical (unpaired) electrons. The van der Waals surface area contributed by atoms with Gasteiger partial charge in [-0.1, -0.05) is 183 Å². The molecule has 3 fully saturated rings. The van der Waals surface area contributed by atoms with Gasteiger partial charge in [0.1, 0.15) is 30.8 Å². The fraction of sp³-hybridized carbons (Fsp3) is 0.738. The topological polar surface area (TPSA) is 330 Å². The smallest absolute Gasteiger partial charge is 0.410 e. The number of imide groups is 1. The van der Waals surface area contributed by atoms with Crippen LogP contribution in [0.25, 0.3) is 0 Å². The number of anilines is 1. The van der Waals surface area contributed by atoms with Crippen LogP contribution in [0.3, 0.4) is 0 Å². The molecule has 2 saturated heterocycles. The molecule has 0 bridgehead atoms. The number of urea groups is 1. The zero-order chi connectivity index (χ0) is 83.3. The van der Waals surface area contributed by atoms with Crippen LogP contribution in [-0.4, -0.2) is 199 Å². The highest BCUT2D eigenvalue weighted by Gasteiger charge is 2.53. The van der Waals surface area contributed by atoms with Gasteiger partial charge < -0.3 is 61.4 Å². The second-order valence-corrected chi connectivity index (χ2v) is 32.7. The summed E-state index contributed by atoms with van der Waals surface area (Å²) in [6, 6.07) is 5.62. The normalized spacial score (nSPS) is 19.8. The maximum atomic E-state index is 14.9. The van der Waals surface area contributed by atoms with Crippen molar-refractivity contribution in [2.24, 2.45) is 52.6 Å². The van der Waals surface area contributed by atoms with Crippen LogP contribution >= 0.6 is 0 Å². The summed E-state index contributed by atoms with van der Waals surface area (Å²) in [6.45, 7) is 22.2. The Labute approximate surface area is 664 Å². The highest BCUT2D eigenvalue weighted by molar-refractivity contribution is 6.04. The lowest BCUT2D eigenvalue weighted by molar-refractivity contribution is -0.161. The summed E-state index contributed by atoms with van der Waals surface area (Å²) in [6.07, 6.45) is 5.84. The van der Waals surface area contributed by atoms with Gasteiger partial charge in [0.05, 0.1) is 60.7 Å². The number of aliphatic hydroxyl groups excluding tert-OH is 1. The summed E-state index contributed by atoms with van der Waals surface area (Å²) in [7, 11) is 6.03. The maximum absolute atomic E-state index is 14.9. The zero-order valence-corrected chi connectivity index (χ0v) is 69.7. The molecule has 3 aliphatic rings. The number of likely N-dealkylation sites (tertiary alicyclic amines) is 2. The second kappa shape index (κ2) is 46.2. The van der Waals surface area contributed by atoms with Crippen LogP contribution in [0.4, 0.5) is 28.4 Å². The zero-order valence-electron chi connectivity index (χ0n) is 69.7. The molecule has 0 aromatic heterocycles. The third-order valence-corrected chi connectivity index (χ3v) is 23.8. The number of nitrogens with zero attached hydrogens (tertiary/aromatic N) is 4. The monoisotopic (exact) mass is 1580 g/mol. The first kappa shape index (κ1) is 95.2. The fourth-order valence-electron chi connectivity index (χ4n) is 17.2. The van der Waals surface area contributed by atoms with Gasteiger partial charge in [-0.05, 0) is 129 Å². The number of nitrogens with two attached hydrogens (primary N) is 1. The average molecular weight is 1580 g/mol. The van der Waals surface area contributed by atoms with E-state index in [4.69, 9.17) is 19.9 Å². The van der Waals surface area contributed by atoms with Gasteiger partial charge in [0.25, 0.3) is 0 Å². The Hall–Kier alpha value is -7.43. The van der Waals surface area contributed by atoms with Crippen LogP contribution in [0.1, 0.15) is 242 Å². The lowest BCUT2D eigenvalue weighted by atomic mass is 9.59. The molecule has 2 heterocycles. The van der Waals surface area contributed by atoms with Crippen molar-refractivity contribution in [1.29, 1.82) is 0 Å². The van der Waals surface area contributed by atoms with E-state index in [1.807, 2.05) is 32.0 Å². The Morgan fingerprint density at radius 1 is 0.696 bits per heavy atom. The molecule has 9 N–H and O–H groups in total. The predicted molar refractivity (Wildman–Crippen MR) is 425 cm³/mol. The second-order valence-electron chi connectivity index (χ2n) is 32.7. The lowest BCUT2D eigenvalue weighted by Crippen LogP contribution is -2.60. The van der Waals surface area contributed by atoms with E-state index in [1.165, 1.54) is 68.9 Å². The van der Waals surface area contributed by atoms with Gasteiger partial charge in [0.2, 0.25) is 47.3 Å². The molecule has 1 saturated carbocycles. The van der Waals surface area contributed by atoms with Gasteiger partial charge in [0, 0.05) is 60.1 Å². The van der Waals surface area contributed by atoms with Gasteiger partial charge >= 0.3 is 18.3 Å². The summed E-state index contributed by atoms with van der Waals surface area (Å²) >= 11 is 0. The molecule has 2 aliphatic heterocycles. The van der Waals surface area contributed by atoms with E-state index < -0.39 is 145 Å². The number of nitrogens with one attached hydrogen (secondary N) is 6. The molecule has 0 spiro atoms. The van der Waals surface area contributed by atoms with Crippen LogP contribution in [0, 0.1) is 46.8 Å². The molecule has 5 rings (SSSR count). The number of amides is 11. The largest absolute Gasteiger partial charge is 0.445 e. The van der Waals surface area contributed by atoms with Crippen molar-refractivity contribution >= 4 is 65.1 Å². The predicted octanol–water partition coefficient (Wildman–Crippen LogP) is 11.9. The minimum absolute atomic E-state index is 0.0207. The van der Waals surface area contributed by atoms with E-state index in [1.54, 1.807) is 91.6 Å². The van der Waals surface area contributed by atoms with Crippen LogP contribution in [-0.2, 0) is 59.2 Å². The maximum Gasteiger partial charge on any atom is 0.410 e. The quantitative estimate of drug-likeness (QED) is 0.0226. The molecular weight excluding hydrogens is 1440 g/mol. The molecule has 2 aromatic carbocycles. The van der Waals surface area contributed by atoms with E-state index in [2.05, 4.69) is 45.7 Å². The van der Waals surface area contributed by atoms with Crippen LogP contribution in [0.2, 0.25) is 0 Å². The number of methoxy groups -OCH3 is 2. The lowest BCUT2D eigenvalue weighted by Gasteiger charge is -2.44. The summed E-state index contributed by atoms with van der Waals surface area (Å²) in [5, 5.41) is 27.2. The number of likely N-dealkylation sites (N-methyl/N-ethyl adjacent to an activating group) is 2. The molecule has 15 unspecified atom stereocenters. The summed E-state index contributed by atoms with van der Waals surface area (Å²) < 4.78 is 62.6. The number of ether oxygens (including phenoxy) is 3. The van der Waals surface area contributed by atoms with E-state index in [0.29, 0.717) is 55.7 Å². The van der Waals surface area contributed by atoms with E-state index in [0.717, 1.165) is 49.8 Å². The number of rotatable bonds is 44. The molecule has 25 nitrogen and oxygen atoms in total. The first-order chi connectivity index (χ1) is 53.0. The van der Waals surface area contributed by atoms with E-state index >= 15 is 0 Å². The number of alkyl halides is 3. The minimum Gasteiger partial charge on any atom is -0.445 e. The number of carbonyl (C=O) groups is 10. The third kappa shape index (κ3) is 26.8. The third-order valence-electron chi connectivity index (χ3n) is 23.8. The van der Waals surface area contributed by atoms with Crippen LogP contribution in [0.5, 0.6) is 0 Å². The highest BCUT2D eigenvalue weighted by atomic mass is 19.4. The standard InChI is InChI=1S/C84H136F3N11O14/c1-17-45-83(19-3,60-36-28-22-20-21-23-29-37-60)62-49-67(99)98(79(62)106)47-31-25-30-40-66(84(85,86)87)93-69(52(4)5)77(104)92-63(38-32-46-89-81(88)108)76(103)91-61-43-41-58(42-44-61)51-112-82(109)96(14)71(54(8)9)78(105)94-70(53(6)7)80(107)95(13)72(55(10)18-2)65(110-15)50-68(100)97-48-33-39-64(97)74(111-16)56(11)75(102)90-57(12)73(101)59-34-26-24-27-35-59/h24,26-27,34-35,41-44,52-57,60,62-66,69-74,93,101H,17-23,25,28-33,36-40,45-51H2,1-16H3,(H,90,102)(H,91,103)(H,92,104)(H,94,105)(H3,88,89,108). The molecule has 632 valence electrons. The number of benzene rings is 2. The Balaban J connectivity index is 1.18. The van der Waals surface area contributed by atoms with Gasteiger partial charge in [-0.15, -0.1) is 0 Å². The van der Waals surface area contributed by atoms with Crippen molar-refractivity contribution in [3.63, 3.8) is 0 Å². The fourth-order valence-corrected chi connectivity index (χ4v) is 17.2. The Morgan fingerprint density at radius 2 is 1.33 bits per heavy atom. The Morgan fingerprint density at radius 3 is 1.89 bits per heavy atom. The number of carbonyl (C=O) groups excluding carboxylic acids is 10. The highest BCUT2D eigenvalue weighted by Crippen LogP contribution is 2.52. The van der Waals surface area contributed by atoms with Crippen molar-refractivity contribution in [1.82, 2.24) is 46.2 Å². The van der Waals surface area contributed by atoms with Gasteiger partial charge in [-0.3, -0.25) is 53.5 Å². The minimum atomic E-state index is -4.77. The van der Waals surface area contributed by atoms with Crippen molar-refractivity contribution in [2.75, 3.05) is 53.3 Å². The number of hydrogen-bond acceptors (Lipinski definition) is 15. The first-order valence-electron chi connectivity index (χ1n) is 41.3. The van der Waals surface area contributed by atoms with E-state index in [9.17, 15) is 66.2 Å². The summed E-state index contributed by atoms with van der Waals surface area (Å²) in [4.78, 5) is 145. The Bertz CT molecular complexity index is 3310. The van der Waals surface area contributed by atoms with Gasteiger partial charge in [-0.25, -0.2) is 9.59 Å². The molecule has 11 amide bonds. The molecule has 2 aromatic rings. The van der Waals surface area contributed by atoms with Crippen LogP contribution < -0.4 is 37.6 Å². The first-order valence-corrected chi connectivity index (χ1v) is 41.3. The molecule has 1 aliphatic carbocycles. The summed E-state index contributed by atoms with van der Waals surface area (Å²) in [5.74, 6) is -6.19. The van der Waals surface area contributed by atoms with E-state index in [-0.39, 0.29) is 92.4 Å². The number of aliphatic hydroxyl groups is 1. The number of primary amides is 1. The van der Waals surface area contributed by atoms with Gasteiger partial charge in [-0.2, -0.15) is 13.2 Å². The Kier molecular flexibility index (Phi) is 39.3. The molecular formula is C84H136F3N11O14. The SMILES string of the molecule is CCCC(CC)(C1CCCCCCCC1)C1CC(=O)N(CCCCCC(NC(C(=O)NC(CCCNC(N)=O)C(=O)Nc2ccc(COC(=O)N(C)C(C(=O)NC(C(=O)N(C)C(C(C)CC)C(CC(=O)N3CCCC3C(OC)C(C)C(=O)NC(C)C(O)c3ccccc3)OC)C(C)C)C(C)C)cc2)C(C)C)C(F)(F)F)C1=O.